The highest BCUT2D eigenvalue weighted by Crippen LogP contribution is 2.26. The highest BCUT2D eigenvalue weighted by molar-refractivity contribution is 7.98. The molecule has 2 heterocycles. The number of H-pyrrole nitrogens is 1. The molecule has 1 aromatic carbocycles. The Hall–Kier alpha value is -2.35. The van der Waals surface area contributed by atoms with Gasteiger partial charge >= 0.3 is 5.69 Å². The van der Waals surface area contributed by atoms with Crippen LogP contribution in [-0.2, 0) is 19.3 Å². The van der Waals surface area contributed by atoms with Crippen molar-refractivity contribution >= 4 is 22.9 Å². The highest BCUT2D eigenvalue weighted by atomic mass is 32.2. The molecule has 0 radical (unpaired) electrons. The van der Waals surface area contributed by atoms with Crippen molar-refractivity contribution in [2.24, 2.45) is 7.05 Å². The van der Waals surface area contributed by atoms with E-state index in [4.69, 9.17) is 0 Å². The quantitative estimate of drug-likeness (QED) is 0.138. The second-order valence-electron chi connectivity index (χ2n) is 10.0. The number of thioether (sulfide) groups is 1. The molecule has 0 aliphatic carbocycles. The Morgan fingerprint density at radius 3 is 1.95 bits per heavy atom. The first-order valence-corrected chi connectivity index (χ1v) is 15.1. The molecule has 0 spiro atoms. The average Bonchev–Trinajstić information content (AvgIpc) is 3.26. The highest BCUT2D eigenvalue weighted by Gasteiger charge is 2.17. The summed E-state index contributed by atoms with van der Waals surface area (Å²) in [5.41, 5.74) is 0.960. The second kappa shape index (κ2) is 15.8. The van der Waals surface area contributed by atoms with Crippen LogP contribution in [0.4, 0.5) is 4.39 Å². The molecule has 0 atom stereocenters. The molecule has 0 bridgehead atoms. The fourth-order valence-corrected chi connectivity index (χ4v) is 5.70. The van der Waals surface area contributed by atoms with Crippen molar-refractivity contribution in [1.82, 2.24) is 19.1 Å². The summed E-state index contributed by atoms with van der Waals surface area (Å²) in [4.78, 5) is 31.8. The summed E-state index contributed by atoms with van der Waals surface area (Å²) in [5, 5.41) is 0.709. The van der Waals surface area contributed by atoms with E-state index in [1.165, 1.54) is 106 Å². The zero-order valence-corrected chi connectivity index (χ0v) is 23.4. The van der Waals surface area contributed by atoms with Crippen LogP contribution >= 0.6 is 11.8 Å². The van der Waals surface area contributed by atoms with Gasteiger partial charge in [0.05, 0.1) is 0 Å². The monoisotopic (exact) mass is 530 g/mol. The van der Waals surface area contributed by atoms with E-state index in [2.05, 4.69) is 16.9 Å². The number of halogens is 1. The number of unbranched alkanes of at least 4 members (excludes halogenated alkanes) is 13. The molecule has 3 aromatic rings. The minimum atomic E-state index is -0.464. The zero-order chi connectivity index (χ0) is 26.5. The van der Waals surface area contributed by atoms with Gasteiger partial charge in [-0.2, -0.15) is 0 Å². The summed E-state index contributed by atoms with van der Waals surface area (Å²) in [7, 11) is 1.62. The van der Waals surface area contributed by atoms with Crippen LogP contribution in [0.15, 0.2) is 39.0 Å². The van der Waals surface area contributed by atoms with Gasteiger partial charge in [-0.15, -0.1) is 0 Å². The minimum Gasteiger partial charge on any atom is -0.313 e. The molecule has 1 N–H and O–H groups in total. The van der Waals surface area contributed by atoms with E-state index in [9.17, 15) is 14.0 Å². The van der Waals surface area contributed by atoms with Crippen LogP contribution in [0.3, 0.4) is 0 Å². The lowest BCUT2D eigenvalue weighted by Gasteiger charge is -2.09. The molecule has 0 saturated carbocycles. The van der Waals surface area contributed by atoms with Crippen LogP contribution in [0.5, 0.6) is 0 Å². The van der Waals surface area contributed by atoms with E-state index in [1.54, 1.807) is 19.2 Å². The third-order valence-corrected chi connectivity index (χ3v) is 8.04. The van der Waals surface area contributed by atoms with E-state index >= 15 is 0 Å². The molecular weight excluding hydrogens is 487 g/mol. The maximum atomic E-state index is 13.3. The lowest BCUT2D eigenvalue weighted by Crippen LogP contribution is -2.29. The first-order valence-electron chi connectivity index (χ1n) is 14.1. The molecule has 6 nitrogen and oxygen atoms in total. The maximum absolute atomic E-state index is 13.3. The zero-order valence-electron chi connectivity index (χ0n) is 22.6. The van der Waals surface area contributed by atoms with Crippen molar-refractivity contribution in [1.29, 1.82) is 0 Å². The lowest BCUT2D eigenvalue weighted by molar-refractivity contribution is 0.519. The predicted molar refractivity (Wildman–Crippen MR) is 152 cm³/mol. The number of rotatable bonds is 18. The number of nitrogens with zero attached hydrogens (tertiary/aromatic N) is 3. The van der Waals surface area contributed by atoms with Crippen molar-refractivity contribution in [3.05, 3.63) is 56.5 Å². The van der Waals surface area contributed by atoms with E-state index in [0.29, 0.717) is 28.6 Å². The van der Waals surface area contributed by atoms with Gasteiger partial charge in [-0.3, -0.25) is 14.3 Å². The van der Waals surface area contributed by atoms with E-state index < -0.39 is 11.2 Å². The third kappa shape index (κ3) is 9.16. The number of hydrogen-bond donors (Lipinski definition) is 1. The van der Waals surface area contributed by atoms with Crippen molar-refractivity contribution in [2.45, 2.75) is 114 Å². The lowest BCUT2D eigenvalue weighted by atomic mass is 10.0. The Bertz CT molecular complexity index is 1200. The Balaban J connectivity index is 1.46. The number of hydrogen-bond acceptors (Lipinski definition) is 4. The smallest absolute Gasteiger partial charge is 0.313 e. The summed E-state index contributed by atoms with van der Waals surface area (Å²) in [6.07, 6.45) is 18.1. The number of aromatic nitrogens is 4. The van der Waals surface area contributed by atoms with Crippen LogP contribution in [0.1, 0.15) is 102 Å². The molecule has 8 heteroatoms. The topological polar surface area (TPSA) is 72.7 Å². The van der Waals surface area contributed by atoms with Crippen LogP contribution in [0.2, 0.25) is 0 Å². The van der Waals surface area contributed by atoms with E-state index in [1.807, 2.05) is 4.57 Å². The first-order chi connectivity index (χ1) is 18.0. The van der Waals surface area contributed by atoms with Gasteiger partial charge in [0.25, 0.3) is 5.56 Å². The second-order valence-corrected chi connectivity index (χ2v) is 11.0. The van der Waals surface area contributed by atoms with Crippen LogP contribution in [0, 0.1) is 5.82 Å². The van der Waals surface area contributed by atoms with Crippen molar-refractivity contribution in [3.8, 4) is 0 Å². The van der Waals surface area contributed by atoms with Crippen LogP contribution < -0.4 is 11.2 Å². The number of aromatic amines is 1. The molecule has 0 saturated heterocycles. The summed E-state index contributed by atoms with van der Waals surface area (Å²) in [5.74, 6) is 0.342. The Labute approximate surface area is 224 Å². The van der Waals surface area contributed by atoms with Gasteiger partial charge in [0.1, 0.15) is 5.82 Å². The number of fused-ring (bicyclic) bond motifs is 1. The third-order valence-electron chi connectivity index (χ3n) is 6.99. The van der Waals surface area contributed by atoms with Gasteiger partial charge < -0.3 is 4.57 Å². The average molecular weight is 531 g/mol. The summed E-state index contributed by atoms with van der Waals surface area (Å²) in [6, 6.07) is 6.40. The molecule has 204 valence electrons. The van der Waals surface area contributed by atoms with Gasteiger partial charge in [-0.25, -0.2) is 14.2 Å². The maximum Gasteiger partial charge on any atom is 0.329 e. The molecule has 37 heavy (non-hydrogen) atoms. The van der Waals surface area contributed by atoms with E-state index in [-0.39, 0.29) is 5.82 Å². The Kier molecular flexibility index (Phi) is 12.5. The van der Waals surface area contributed by atoms with Crippen molar-refractivity contribution < 1.29 is 4.39 Å². The van der Waals surface area contributed by atoms with Gasteiger partial charge in [0, 0.05) is 19.3 Å². The fraction of sp³-hybridized carbons (Fsp3) is 0.621. The number of imidazole rings is 1. The van der Waals surface area contributed by atoms with Crippen LogP contribution in [0.25, 0.3) is 11.2 Å². The number of nitrogens with one attached hydrogen (secondary N) is 1. The normalized spacial score (nSPS) is 11.5. The van der Waals surface area contributed by atoms with Crippen molar-refractivity contribution in [3.63, 3.8) is 0 Å². The molecule has 0 aliphatic heterocycles. The van der Waals surface area contributed by atoms with Gasteiger partial charge in [0.15, 0.2) is 16.3 Å². The molecular formula is C29H43FN4O2S. The molecule has 0 amide bonds. The van der Waals surface area contributed by atoms with Gasteiger partial charge in [-0.05, 0) is 24.1 Å². The standard InChI is InChI=1S/C29H43FN4O2S/c1-3-4-5-6-7-8-9-10-11-12-13-14-15-16-21-34-25-26(33(2)28(36)32-27(25)35)31-29(34)37-22-23-17-19-24(30)20-18-23/h17-20H,3-16,21-22H2,1-2H3,(H,32,35,36). The number of aryl methyl sites for hydroxylation is 2. The van der Waals surface area contributed by atoms with E-state index in [0.717, 1.165) is 18.4 Å². The summed E-state index contributed by atoms with van der Waals surface area (Å²) < 4.78 is 16.6. The Morgan fingerprint density at radius 2 is 1.38 bits per heavy atom. The molecule has 0 aliphatic rings. The van der Waals surface area contributed by atoms with Gasteiger partial charge in [0.2, 0.25) is 0 Å². The predicted octanol–water partition coefficient (Wildman–Crippen LogP) is 7.34. The summed E-state index contributed by atoms with van der Waals surface area (Å²) in [6.45, 7) is 2.95. The molecule has 0 unspecified atom stereocenters. The number of benzene rings is 1. The minimum absolute atomic E-state index is 0.264. The van der Waals surface area contributed by atoms with Gasteiger partial charge in [-0.1, -0.05) is 114 Å². The molecule has 0 fully saturated rings. The Morgan fingerprint density at radius 1 is 0.838 bits per heavy atom. The SMILES string of the molecule is CCCCCCCCCCCCCCCCn1c(SCc2ccc(F)cc2)nc2c1c(=O)[nH]c(=O)n2C. The largest absolute Gasteiger partial charge is 0.329 e. The fourth-order valence-electron chi connectivity index (χ4n) is 4.73. The van der Waals surface area contributed by atoms with Crippen molar-refractivity contribution in [2.75, 3.05) is 0 Å². The first kappa shape index (κ1) is 29.2. The summed E-state index contributed by atoms with van der Waals surface area (Å²) >= 11 is 1.50. The molecule has 3 rings (SSSR count). The molecule has 2 aromatic heterocycles. The van der Waals surface area contributed by atoms with Crippen LogP contribution in [-0.4, -0.2) is 19.1 Å².